The second-order valence-electron chi connectivity index (χ2n) is 7.34. The summed E-state index contributed by atoms with van der Waals surface area (Å²) in [6.07, 6.45) is 1.93. The number of aliphatic hydroxyl groups excluding tert-OH is 1. The number of hydrogen-bond acceptors (Lipinski definition) is 5. The molecule has 1 aliphatic heterocycles. The lowest BCUT2D eigenvalue weighted by Crippen LogP contribution is -2.45. The number of hydrogen-bond donors (Lipinski definition) is 2. The third-order valence-corrected chi connectivity index (χ3v) is 6.59. The number of benzene rings is 2. The summed E-state index contributed by atoms with van der Waals surface area (Å²) in [5.41, 5.74) is 2.50. The molecule has 2 aromatic rings. The first-order valence-corrected chi connectivity index (χ1v) is 11.6. The molecule has 0 amide bonds. The van der Waals surface area contributed by atoms with Crippen LogP contribution in [0.15, 0.2) is 60.7 Å². The molecule has 2 aromatic carbocycles. The second kappa shape index (κ2) is 10.0. The minimum atomic E-state index is -3.65. The highest BCUT2D eigenvalue weighted by atomic mass is 32.2. The van der Waals surface area contributed by atoms with Crippen LogP contribution in [0.5, 0.6) is 0 Å². The van der Waals surface area contributed by atoms with Gasteiger partial charge in [0.05, 0.1) is 5.75 Å². The van der Waals surface area contributed by atoms with Crippen LogP contribution in [0.4, 0.5) is 0 Å². The Bertz CT molecular complexity index is 846. The summed E-state index contributed by atoms with van der Waals surface area (Å²) in [6, 6.07) is 19.4. The normalized spacial score (nSPS) is 19.4. The SMILES string of the molecule is O=C1OCC(O)C1NS(=O)(=O)CCCCCC(c1ccccc1)c1ccccc1. The third-order valence-electron chi connectivity index (χ3n) is 5.15. The molecule has 1 heterocycles. The van der Waals surface area contributed by atoms with E-state index in [1.807, 2.05) is 36.4 Å². The quantitative estimate of drug-likeness (QED) is 0.458. The van der Waals surface area contributed by atoms with Crippen LogP contribution in [0.2, 0.25) is 0 Å². The molecule has 29 heavy (non-hydrogen) atoms. The average Bonchev–Trinajstić information content (AvgIpc) is 3.03. The van der Waals surface area contributed by atoms with Gasteiger partial charge in [0.25, 0.3) is 0 Å². The zero-order valence-corrected chi connectivity index (χ0v) is 17.1. The highest BCUT2D eigenvalue weighted by molar-refractivity contribution is 7.89. The van der Waals surface area contributed by atoms with Crippen molar-refractivity contribution < 1.29 is 23.1 Å². The van der Waals surface area contributed by atoms with Gasteiger partial charge in [0, 0.05) is 5.92 Å². The van der Waals surface area contributed by atoms with Crippen LogP contribution >= 0.6 is 0 Å². The molecule has 0 aliphatic carbocycles. The molecular weight excluding hydrogens is 390 g/mol. The molecule has 0 bridgehead atoms. The topological polar surface area (TPSA) is 92.7 Å². The molecule has 1 aliphatic rings. The number of aliphatic hydroxyl groups is 1. The van der Waals surface area contributed by atoms with Gasteiger partial charge in [-0.25, -0.2) is 8.42 Å². The lowest BCUT2D eigenvalue weighted by molar-refractivity contribution is -0.139. The molecule has 0 spiro atoms. The Kier molecular flexibility index (Phi) is 7.41. The third kappa shape index (κ3) is 6.13. The Morgan fingerprint density at radius 3 is 2.07 bits per heavy atom. The zero-order valence-electron chi connectivity index (χ0n) is 16.2. The Morgan fingerprint density at radius 1 is 0.966 bits per heavy atom. The van der Waals surface area contributed by atoms with Crippen LogP contribution in [0.3, 0.4) is 0 Å². The van der Waals surface area contributed by atoms with E-state index in [-0.39, 0.29) is 18.3 Å². The van der Waals surface area contributed by atoms with Gasteiger partial charge < -0.3 is 9.84 Å². The van der Waals surface area contributed by atoms with Crippen molar-refractivity contribution in [3.05, 3.63) is 71.8 Å². The fourth-order valence-electron chi connectivity index (χ4n) is 3.60. The van der Waals surface area contributed by atoms with Crippen molar-refractivity contribution in [2.24, 2.45) is 0 Å². The maximum atomic E-state index is 12.2. The summed E-state index contributed by atoms with van der Waals surface area (Å²) in [5.74, 6) is -0.532. The lowest BCUT2D eigenvalue weighted by atomic mass is 9.87. The van der Waals surface area contributed by atoms with E-state index in [2.05, 4.69) is 33.7 Å². The van der Waals surface area contributed by atoms with Crippen LogP contribution in [0.25, 0.3) is 0 Å². The largest absolute Gasteiger partial charge is 0.462 e. The van der Waals surface area contributed by atoms with Crippen molar-refractivity contribution in [2.45, 2.75) is 43.7 Å². The summed E-state index contributed by atoms with van der Waals surface area (Å²) in [4.78, 5) is 11.5. The summed E-state index contributed by atoms with van der Waals surface area (Å²) < 4.78 is 31.3. The number of esters is 1. The second-order valence-corrected chi connectivity index (χ2v) is 9.21. The van der Waals surface area contributed by atoms with Gasteiger partial charge in [-0.15, -0.1) is 0 Å². The maximum Gasteiger partial charge on any atom is 0.327 e. The highest BCUT2D eigenvalue weighted by Crippen LogP contribution is 2.29. The van der Waals surface area contributed by atoms with Crippen molar-refractivity contribution in [2.75, 3.05) is 12.4 Å². The molecule has 0 radical (unpaired) electrons. The van der Waals surface area contributed by atoms with Gasteiger partial charge in [-0.2, -0.15) is 4.72 Å². The van der Waals surface area contributed by atoms with Crippen LogP contribution < -0.4 is 4.72 Å². The van der Waals surface area contributed by atoms with Crippen LogP contribution in [-0.4, -0.2) is 44.0 Å². The summed E-state index contributed by atoms with van der Waals surface area (Å²) in [6.45, 7) is -0.174. The molecular formula is C22H27NO5S. The fourth-order valence-corrected chi connectivity index (χ4v) is 4.95. The van der Waals surface area contributed by atoms with Crippen molar-refractivity contribution in [1.82, 2.24) is 4.72 Å². The van der Waals surface area contributed by atoms with E-state index in [9.17, 15) is 18.3 Å². The smallest absolute Gasteiger partial charge is 0.327 e. The predicted molar refractivity (Wildman–Crippen MR) is 111 cm³/mol. The summed E-state index contributed by atoms with van der Waals surface area (Å²) in [7, 11) is -3.65. The van der Waals surface area contributed by atoms with Crippen LogP contribution in [0.1, 0.15) is 42.7 Å². The first-order chi connectivity index (χ1) is 14.0. The molecule has 0 saturated carbocycles. The number of unbranched alkanes of at least 4 members (excludes halogenated alkanes) is 2. The molecule has 3 rings (SSSR count). The first kappa shape index (κ1) is 21.5. The molecule has 2 atom stereocenters. The Hall–Kier alpha value is -2.22. The molecule has 2 unspecified atom stereocenters. The average molecular weight is 418 g/mol. The van der Waals surface area contributed by atoms with Gasteiger partial charge in [0.15, 0.2) is 0 Å². The van der Waals surface area contributed by atoms with Crippen LogP contribution in [0, 0.1) is 0 Å². The predicted octanol–water partition coefficient (Wildman–Crippen LogP) is 2.58. The lowest BCUT2D eigenvalue weighted by Gasteiger charge is -2.18. The number of carbonyl (C=O) groups excluding carboxylic acids is 1. The van der Waals surface area contributed by atoms with E-state index in [4.69, 9.17) is 0 Å². The zero-order chi connectivity index (χ0) is 20.7. The monoisotopic (exact) mass is 417 g/mol. The number of cyclic esters (lactones) is 1. The van der Waals surface area contributed by atoms with E-state index >= 15 is 0 Å². The molecule has 156 valence electrons. The number of nitrogens with one attached hydrogen (secondary N) is 1. The van der Waals surface area contributed by atoms with Crippen molar-refractivity contribution in [1.29, 1.82) is 0 Å². The van der Waals surface area contributed by atoms with Crippen LogP contribution in [-0.2, 0) is 19.6 Å². The Morgan fingerprint density at radius 2 is 1.55 bits per heavy atom. The van der Waals surface area contributed by atoms with E-state index in [0.29, 0.717) is 6.42 Å². The van der Waals surface area contributed by atoms with E-state index in [1.54, 1.807) is 0 Å². The van der Waals surface area contributed by atoms with Gasteiger partial charge in [-0.1, -0.05) is 73.5 Å². The standard InChI is InChI=1S/C22H27NO5S/c24-20-16-28-22(25)21(20)23-29(26,27)15-9-3-8-14-19(17-10-4-1-5-11-17)18-12-6-2-7-13-18/h1-2,4-7,10-13,19-21,23-24H,3,8-9,14-16H2. The number of sulfonamides is 1. The highest BCUT2D eigenvalue weighted by Gasteiger charge is 2.38. The van der Waals surface area contributed by atoms with Gasteiger partial charge in [-0.3, -0.25) is 4.79 Å². The molecule has 2 N–H and O–H groups in total. The van der Waals surface area contributed by atoms with Gasteiger partial charge in [0.2, 0.25) is 10.0 Å². The van der Waals surface area contributed by atoms with Gasteiger partial charge in [-0.05, 0) is 24.0 Å². The van der Waals surface area contributed by atoms with Gasteiger partial charge >= 0.3 is 5.97 Å². The van der Waals surface area contributed by atoms with Crippen molar-refractivity contribution in [3.8, 4) is 0 Å². The molecule has 7 heteroatoms. The first-order valence-electron chi connectivity index (χ1n) is 9.91. The van der Waals surface area contributed by atoms with Crippen molar-refractivity contribution in [3.63, 3.8) is 0 Å². The van der Waals surface area contributed by atoms with E-state index in [1.165, 1.54) is 11.1 Å². The Labute approximate surface area is 172 Å². The molecule has 1 saturated heterocycles. The summed E-state index contributed by atoms with van der Waals surface area (Å²) in [5, 5.41) is 9.64. The van der Waals surface area contributed by atoms with E-state index < -0.39 is 28.1 Å². The number of rotatable bonds is 10. The minimum absolute atomic E-state index is 0.0785. The number of ether oxygens (including phenoxy) is 1. The Balaban J connectivity index is 1.49. The van der Waals surface area contributed by atoms with E-state index in [0.717, 1.165) is 19.3 Å². The molecule has 1 fully saturated rings. The molecule has 6 nitrogen and oxygen atoms in total. The minimum Gasteiger partial charge on any atom is -0.462 e. The fraction of sp³-hybridized carbons (Fsp3) is 0.409. The maximum absolute atomic E-state index is 12.2. The number of carbonyl (C=O) groups is 1. The van der Waals surface area contributed by atoms with Crippen molar-refractivity contribution >= 4 is 16.0 Å². The van der Waals surface area contributed by atoms with Gasteiger partial charge in [0.1, 0.15) is 18.8 Å². The summed E-state index contributed by atoms with van der Waals surface area (Å²) >= 11 is 0. The molecule has 0 aromatic heterocycles.